The lowest BCUT2D eigenvalue weighted by Gasteiger charge is -2.05. The molecule has 1 nitrogen and oxygen atoms in total. The monoisotopic (exact) mass is 205 g/mol. The topological polar surface area (TPSA) is 9.23 Å². The minimum Gasteiger partial charge on any atom is -0.454 e. The number of rotatable bonds is 2. The zero-order valence-corrected chi connectivity index (χ0v) is 7.71. The van der Waals surface area contributed by atoms with Crippen LogP contribution in [0, 0.1) is 17.7 Å². The molecule has 0 N–H and O–H groups in total. The van der Waals surface area contributed by atoms with E-state index in [9.17, 15) is 8.78 Å². The summed E-state index contributed by atoms with van der Waals surface area (Å²) in [6.45, 7) is 0. The van der Waals surface area contributed by atoms with E-state index in [2.05, 4.69) is 6.07 Å². The molecule has 0 saturated heterocycles. The predicted molar refractivity (Wildman–Crippen MR) is 51.7 cm³/mol. The molecule has 0 unspecified atom stereocenters. The Kier molecular flexibility index (Phi) is 2.63. The molecule has 1 radical (unpaired) electrons. The fraction of sp³-hybridized carbons (Fsp3) is 0. The van der Waals surface area contributed by atoms with Crippen molar-refractivity contribution >= 4 is 0 Å². The highest BCUT2D eigenvalue weighted by Gasteiger charge is 2.02. The van der Waals surface area contributed by atoms with Gasteiger partial charge in [0.1, 0.15) is 11.6 Å². The molecule has 3 heteroatoms. The van der Waals surface area contributed by atoms with E-state index in [4.69, 9.17) is 4.74 Å². The smallest absolute Gasteiger partial charge is 0.165 e. The van der Waals surface area contributed by atoms with Gasteiger partial charge in [-0.15, -0.1) is 0 Å². The zero-order valence-electron chi connectivity index (χ0n) is 7.71. The second-order valence-corrected chi connectivity index (χ2v) is 2.91. The Hall–Kier alpha value is -1.90. The number of halogens is 2. The Morgan fingerprint density at radius 3 is 2.40 bits per heavy atom. The van der Waals surface area contributed by atoms with Gasteiger partial charge < -0.3 is 4.74 Å². The van der Waals surface area contributed by atoms with Crippen molar-refractivity contribution in [1.82, 2.24) is 0 Å². The highest BCUT2D eigenvalue weighted by atomic mass is 19.1. The maximum absolute atomic E-state index is 13.1. The summed E-state index contributed by atoms with van der Waals surface area (Å²) in [7, 11) is 0. The molecule has 0 heterocycles. The Labute approximate surface area is 85.9 Å². The summed E-state index contributed by atoms with van der Waals surface area (Å²) in [6.07, 6.45) is 0. The number of hydrogen-bond acceptors (Lipinski definition) is 1. The van der Waals surface area contributed by atoms with Crippen molar-refractivity contribution in [3.63, 3.8) is 0 Å². The maximum atomic E-state index is 13.1. The molecular formula is C12H7F2O. The molecule has 0 amide bonds. The van der Waals surface area contributed by atoms with Crippen LogP contribution in [0.3, 0.4) is 0 Å². The first-order valence-electron chi connectivity index (χ1n) is 4.35. The van der Waals surface area contributed by atoms with Gasteiger partial charge in [0.2, 0.25) is 0 Å². The first-order chi connectivity index (χ1) is 7.25. The SMILES string of the molecule is Fc1ccc(Oc2c[c]ccc2F)cc1. The van der Waals surface area contributed by atoms with Crippen LogP contribution in [0.4, 0.5) is 8.78 Å². The fourth-order valence-corrected chi connectivity index (χ4v) is 1.10. The van der Waals surface area contributed by atoms with Crippen molar-refractivity contribution < 1.29 is 13.5 Å². The van der Waals surface area contributed by atoms with Crippen LogP contribution in [-0.2, 0) is 0 Å². The molecule has 0 spiro atoms. The van der Waals surface area contributed by atoms with Crippen LogP contribution in [-0.4, -0.2) is 0 Å². The van der Waals surface area contributed by atoms with E-state index in [1.165, 1.54) is 42.5 Å². The largest absolute Gasteiger partial charge is 0.454 e. The van der Waals surface area contributed by atoms with Gasteiger partial charge in [0, 0.05) is 0 Å². The van der Waals surface area contributed by atoms with Crippen LogP contribution < -0.4 is 4.74 Å². The van der Waals surface area contributed by atoms with Gasteiger partial charge in [-0.3, -0.25) is 0 Å². The standard InChI is InChI=1S/C12H7F2O/c13-9-5-7-10(8-6-9)15-12-4-2-1-3-11(12)14/h1,3-8H. The minimum absolute atomic E-state index is 0.0732. The van der Waals surface area contributed by atoms with E-state index in [0.29, 0.717) is 5.75 Å². The first kappa shape index (κ1) is 9.65. The van der Waals surface area contributed by atoms with E-state index in [1.807, 2.05) is 0 Å². The third-order valence-electron chi connectivity index (χ3n) is 1.82. The molecule has 2 rings (SSSR count). The molecule has 15 heavy (non-hydrogen) atoms. The highest BCUT2D eigenvalue weighted by Crippen LogP contribution is 2.23. The van der Waals surface area contributed by atoms with Crippen molar-refractivity contribution in [3.8, 4) is 11.5 Å². The Morgan fingerprint density at radius 1 is 1.00 bits per heavy atom. The number of ether oxygens (including phenoxy) is 1. The van der Waals surface area contributed by atoms with Crippen LogP contribution in [0.25, 0.3) is 0 Å². The summed E-state index contributed by atoms with van der Waals surface area (Å²) in [5.41, 5.74) is 0. The van der Waals surface area contributed by atoms with E-state index >= 15 is 0 Å². The van der Waals surface area contributed by atoms with E-state index in [0.717, 1.165) is 0 Å². The lowest BCUT2D eigenvalue weighted by molar-refractivity contribution is 0.441. The molecular weight excluding hydrogens is 198 g/mol. The van der Waals surface area contributed by atoms with Gasteiger partial charge >= 0.3 is 0 Å². The first-order valence-corrected chi connectivity index (χ1v) is 4.35. The molecule has 0 bridgehead atoms. The third kappa shape index (κ3) is 2.31. The second-order valence-electron chi connectivity index (χ2n) is 2.91. The van der Waals surface area contributed by atoms with Crippen molar-refractivity contribution in [1.29, 1.82) is 0 Å². The normalized spacial score (nSPS) is 10.0. The van der Waals surface area contributed by atoms with Crippen LogP contribution in [0.5, 0.6) is 11.5 Å². The van der Waals surface area contributed by atoms with Crippen molar-refractivity contribution in [2.75, 3.05) is 0 Å². The Bertz CT molecular complexity index is 451. The van der Waals surface area contributed by atoms with Crippen LogP contribution in [0.1, 0.15) is 0 Å². The van der Waals surface area contributed by atoms with Gasteiger partial charge in [-0.1, -0.05) is 6.07 Å². The van der Waals surface area contributed by atoms with Crippen molar-refractivity contribution in [3.05, 3.63) is 60.2 Å². The molecule has 0 aromatic heterocycles. The molecule has 0 aliphatic rings. The van der Waals surface area contributed by atoms with Crippen LogP contribution in [0.15, 0.2) is 42.5 Å². The van der Waals surface area contributed by atoms with Crippen LogP contribution in [0.2, 0.25) is 0 Å². The van der Waals surface area contributed by atoms with E-state index < -0.39 is 5.82 Å². The van der Waals surface area contributed by atoms with Gasteiger partial charge in [-0.05, 0) is 42.5 Å². The van der Waals surface area contributed by atoms with E-state index in [-0.39, 0.29) is 11.6 Å². The second kappa shape index (κ2) is 4.09. The fourth-order valence-electron chi connectivity index (χ4n) is 1.10. The highest BCUT2D eigenvalue weighted by molar-refractivity contribution is 5.31. The minimum atomic E-state index is -0.474. The summed E-state index contributed by atoms with van der Waals surface area (Å²) in [5.74, 6) is -0.375. The molecule has 2 aromatic carbocycles. The summed E-state index contributed by atoms with van der Waals surface area (Å²) >= 11 is 0. The van der Waals surface area contributed by atoms with Gasteiger partial charge in [-0.2, -0.15) is 0 Å². The number of hydrogen-bond donors (Lipinski definition) is 0. The average Bonchev–Trinajstić information content (AvgIpc) is 2.25. The van der Waals surface area contributed by atoms with Gasteiger partial charge in [0.25, 0.3) is 0 Å². The Morgan fingerprint density at radius 2 is 1.73 bits per heavy atom. The quantitative estimate of drug-likeness (QED) is 0.728. The maximum Gasteiger partial charge on any atom is 0.165 e. The summed E-state index contributed by atoms with van der Waals surface area (Å²) in [5, 5.41) is 0. The van der Waals surface area contributed by atoms with Crippen molar-refractivity contribution in [2.24, 2.45) is 0 Å². The predicted octanol–water partition coefficient (Wildman–Crippen LogP) is 3.56. The number of benzene rings is 2. The average molecular weight is 205 g/mol. The summed E-state index contributed by atoms with van der Waals surface area (Å²) < 4.78 is 30.9. The van der Waals surface area contributed by atoms with Crippen LogP contribution >= 0.6 is 0 Å². The lowest BCUT2D eigenvalue weighted by atomic mass is 10.3. The molecule has 0 aliphatic carbocycles. The molecule has 2 aromatic rings. The lowest BCUT2D eigenvalue weighted by Crippen LogP contribution is -1.87. The molecule has 0 atom stereocenters. The van der Waals surface area contributed by atoms with E-state index in [1.54, 1.807) is 0 Å². The summed E-state index contributed by atoms with van der Waals surface area (Å²) in [4.78, 5) is 0. The van der Waals surface area contributed by atoms with Crippen molar-refractivity contribution in [2.45, 2.75) is 0 Å². The molecule has 75 valence electrons. The van der Waals surface area contributed by atoms with Gasteiger partial charge in [0.05, 0.1) is 0 Å². The zero-order chi connectivity index (χ0) is 10.7. The van der Waals surface area contributed by atoms with Gasteiger partial charge in [-0.25, -0.2) is 8.78 Å². The van der Waals surface area contributed by atoms with Gasteiger partial charge in [0.15, 0.2) is 11.6 Å². The molecule has 0 saturated carbocycles. The summed E-state index contributed by atoms with van der Waals surface area (Å²) in [6, 6.07) is 12.1. The molecule has 0 aliphatic heterocycles. The molecule has 0 fully saturated rings. The Balaban J connectivity index is 2.22. The third-order valence-corrected chi connectivity index (χ3v) is 1.82.